The number of carbonyl (C=O) groups is 1. The summed E-state index contributed by atoms with van der Waals surface area (Å²) in [5, 5.41) is 8.93. The maximum Gasteiger partial charge on any atom is 0.321 e. The van der Waals surface area contributed by atoms with Gasteiger partial charge in [0, 0.05) is 0 Å². The van der Waals surface area contributed by atoms with Crippen LogP contribution < -0.4 is 9.46 Å². The Bertz CT molecular complexity index is 588. The first-order valence-corrected chi connectivity index (χ1v) is 7.38. The number of hydrogen-bond donors (Lipinski definition) is 2. The van der Waals surface area contributed by atoms with Gasteiger partial charge in [-0.15, -0.1) is 0 Å². The topological polar surface area (TPSA) is 92.7 Å². The highest BCUT2D eigenvalue weighted by Gasteiger charge is 2.25. The Morgan fingerprint density at radius 3 is 2.60 bits per heavy atom. The average Bonchev–Trinajstić information content (AvgIpc) is 2.37. The largest absolute Gasteiger partial charge is 0.494 e. The van der Waals surface area contributed by atoms with E-state index in [0.717, 1.165) is 12.1 Å². The fourth-order valence-electron chi connectivity index (χ4n) is 1.59. The van der Waals surface area contributed by atoms with Crippen molar-refractivity contribution >= 4 is 16.0 Å². The number of methoxy groups -OCH3 is 1. The summed E-state index contributed by atoms with van der Waals surface area (Å²) >= 11 is 0. The summed E-state index contributed by atoms with van der Waals surface area (Å²) in [6.45, 7) is 1.73. The summed E-state index contributed by atoms with van der Waals surface area (Å²) in [5.74, 6) is -2.20. The molecule has 1 atom stereocenters. The fraction of sp³-hybridized carbons (Fsp3) is 0.417. The molecule has 0 radical (unpaired) electrons. The summed E-state index contributed by atoms with van der Waals surface area (Å²) < 4.78 is 44.2. The molecule has 0 aliphatic heterocycles. The normalized spacial score (nSPS) is 12.9. The highest BCUT2D eigenvalue weighted by molar-refractivity contribution is 7.89. The second-order valence-electron chi connectivity index (χ2n) is 4.10. The van der Waals surface area contributed by atoms with E-state index in [2.05, 4.69) is 4.74 Å². The van der Waals surface area contributed by atoms with Gasteiger partial charge >= 0.3 is 5.97 Å². The van der Waals surface area contributed by atoms with E-state index < -0.39 is 27.9 Å². The van der Waals surface area contributed by atoms with Gasteiger partial charge in [0.15, 0.2) is 11.6 Å². The van der Waals surface area contributed by atoms with Crippen LogP contribution in [0.25, 0.3) is 0 Å². The summed E-state index contributed by atoms with van der Waals surface area (Å²) in [4.78, 5) is 10.6. The van der Waals surface area contributed by atoms with Crippen LogP contribution >= 0.6 is 0 Å². The SMILES string of the molecule is CCCC(NS(=O)(=O)c1ccc(OC)c(F)c1)C(=O)O. The van der Waals surface area contributed by atoms with E-state index in [4.69, 9.17) is 5.11 Å². The van der Waals surface area contributed by atoms with Crippen molar-refractivity contribution in [2.45, 2.75) is 30.7 Å². The molecule has 1 unspecified atom stereocenters. The summed E-state index contributed by atoms with van der Waals surface area (Å²) in [5.41, 5.74) is 0. The molecule has 0 saturated carbocycles. The van der Waals surface area contributed by atoms with E-state index in [1.54, 1.807) is 6.92 Å². The molecule has 0 aliphatic rings. The number of nitrogens with one attached hydrogen (secondary N) is 1. The molecule has 0 heterocycles. The van der Waals surface area contributed by atoms with Crippen LogP contribution in [0.4, 0.5) is 4.39 Å². The van der Waals surface area contributed by atoms with Crippen LogP contribution in [0.2, 0.25) is 0 Å². The summed E-state index contributed by atoms with van der Waals surface area (Å²) in [6.07, 6.45) is 0.643. The molecule has 6 nitrogen and oxygen atoms in total. The number of sulfonamides is 1. The Morgan fingerprint density at radius 2 is 2.15 bits per heavy atom. The maximum atomic E-state index is 13.5. The van der Waals surface area contributed by atoms with E-state index in [0.29, 0.717) is 6.42 Å². The zero-order valence-corrected chi connectivity index (χ0v) is 11.9. The lowest BCUT2D eigenvalue weighted by Gasteiger charge is -2.14. The van der Waals surface area contributed by atoms with E-state index in [1.807, 2.05) is 4.72 Å². The van der Waals surface area contributed by atoms with Crippen LogP contribution in [0.5, 0.6) is 5.75 Å². The highest BCUT2D eigenvalue weighted by Crippen LogP contribution is 2.20. The first-order chi connectivity index (χ1) is 9.31. The van der Waals surface area contributed by atoms with Crippen molar-refractivity contribution in [1.29, 1.82) is 0 Å². The lowest BCUT2D eigenvalue weighted by Crippen LogP contribution is -2.40. The first-order valence-electron chi connectivity index (χ1n) is 5.90. The van der Waals surface area contributed by atoms with Gasteiger partial charge in [0.25, 0.3) is 0 Å². The third kappa shape index (κ3) is 3.91. The molecule has 0 fully saturated rings. The number of carboxylic acids is 1. The molecule has 0 amide bonds. The van der Waals surface area contributed by atoms with Crippen LogP contribution in [0.1, 0.15) is 19.8 Å². The lowest BCUT2D eigenvalue weighted by molar-refractivity contribution is -0.139. The smallest absolute Gasteiger partial charge is 0.321 e. The molecular weight excluding hydrogens is 289 g/mol. The Kier molecular flexibility index (Phi) is 5.46. The van der Waals surface area contributed by atoms with Crippen molar-refractivity contribution in [2.75, 3.05) is 7.11 Å². The molecule has 0 saturated heterocycles. The maximum absolute atomic E-state index is 13.5. The van der Waals surface area contributed by atoms with Crippen LogP contribution in [0.15, 0.2) is 23.1 Å². The Balaban J connectivity index is 3.04. The molecule has 112 valence electrons. The Hall–Kier alpha value is -1.67. The summed E-state index contributed by atoms with van der Waals surface area (Å²) in [7, 11) is -2.84. The third-order valence-corrected chi connectivity index (χ3v) is 4.08. The van der Waals surface area contributed by atoms with Gasteiger partial charge in [-0.1, -0.05) is 13.3 Å². The molecular formula is C12H16FNO5S. The Morgan fingerprint density at radius 1 is 1.50 bits per heavy atom. The number of hydrogen-bond acceptors (Lipinski definition) is 4. The average molecular weight is 305 g/mol. The van der Waals surface area contributed by atoms with E-state index in [1.165, 1.54) is 13.2 Å². The number of ether oxygens (including phenoxy) is 1. The predicted molar refractivity (Wildman–Crippen MR) is 69.6 cm³/mol. The molecule has 20 heavy (non-hydrogen) atoms. The van der Waals surface area contributed by atoms with E-state index in [-0.39, 0.29) is 17.1 Å². The molecule has 0 spiro atoms. The number of rotatable bonds is 7. The fourth-order valence-corrected chi connectivity index (χ4v) is 2.83. The quantitative estimate of drug-likeness (QED) is 0.793. The number of carboxylic acid groups (broad SMARTS) is 1. The van der Waals surface area contributed by atoms with Gasteiger partial charge in [-0.25, -0.2) is 12.8 Å². The molecule has 0 aliphatic carbocycles. The minimum absolute atomic E-state index is 0.0905. The van der Waals surface area contributed by atoms with Crippen molar-refractivity contribution in [2.24, 2.45) is 0 Å². The summed E-state index contributed by atoms with van der Waals surface area (Å²) in [6, 6.07) is 1.86. The van der Waals surface area contributed by atoms with Gasteiger partial charge in [0.2, 0.25) is 10.0 Å². The second kappa shape index (κ2) is 6.67. The van der Waals surface area contributed by atoms with Crippen molar-refractivity contribution < 1.29 is 27.4 Å². The molecule has 1 aromatic rings. The van der Waals surface area contributed by atoms with Crippen LogP contribution in [0.3, 0.4) is 0 Å². The van der Waals surface area contributed by atoms with Gasteiger partial charge in [-0.2, -0.15) is 4.72 Å². The van der Waals surface area contributed by atoms with Crippen LogP contribution in [-0.2, 0) is 14.8 Å². The molecule has 0 aromatic heterocycles. The number of halogens is 1. The van der Waals surface area contributed by atoms with E-state index >= 15 is 0 Å². The first kappa shape index (κ1) is 16.4. The molecule has 1 aromatic carbocycles. The molecule has 8 heteroatoms. The van der Waals surface area contributed by atoms with Gasteiger partial charge < -0.3 is 9.84 Å². The third-order valence-electron chi connectivity index (χ3n) is 2.61. The van der Waals surface area contributed by atoms with Crippen molar-refractivity contribution in [3.05, 3.63) is 24.0 Å². The molecule has 1 rings (SSSR count). The van der Waals surface area contributed by atoms with Gasteiger partial charge in [0.05, 0.1) is 12.0 Å². The van der Waals surface area contributed by atoms with Gasteiger partial charge in [-0.05, 0) is 24.6 Å². The minimum atomic E-state index is -4.10. The van der Waals surface area contributed by atoms with Crippen LogP contribution in [-0.4, -0.2) is 32.6 Å². The predicted octanol–water partition coefficient (Wildman–Crippen LogP) is 1.37. The van der Waals surface area contributed by atoms with Crippen molar-refractivity contribution in [3.63, 3.8) is 0 Å². The second-order valence-corrected chi connectivity index (χ2v) is 5.81. The monoisotopic (exact) mass is 305 g/mol. The van der Waals surface area contributed by atoms with E-state index in [9.17, 15) is 17.6 Å². The van der Waals surface area contributed by atoms with Crippen molar-refractivity contribution in [1.82, 2.24) is 4.72 Å². The standard InChI is InChI=1S/C12H16FNO5S/c1-3-4-10(12(15)16)14-20(17,18)8-5-6-11(19-2)9(13)7-8/h5-7,10,14H,3-4H2,1-2H3,(H,15,16). The molecule has 2 N–H and O–H groups in total. The Labute approximate surface area is 116 Å². The number of benzene rings is 1. The molecule has 0 bridgehead atoms. The van der Waals surface area contributed by atoms with Crippen molar-refractivity contribution in [3.8, 4) is 5.75 Å². The lowest BCUT2D eigenvalue weighted by atomic mass is 10.2. The highest BCUT2D eigenvalue weighted by atomic mass is 32.2. The number of aliphatic carboxylic acids is 1. The van der Waals surface area contributed by atoms with Gasteiger partial charge in [0.1, 0.15) is 6.04 Å². The minimum Gasteiger partial charge on any atom is -0.494 e. The van der Waals surface area contributed by atoms with Crippen LogP contribution in [0, 0.1) is 5.82 Å². The van der Waals surface area contributed by atoms with Gasteiger partial charge in [-0.3, -0.25) is 4.79 Å². The zero-order valence-electron chi connectivity index (χ0n) is 11.1. The zero-order chi connectivity index (χ0) is 15.3.